The lowest BCUT2D eigenvalue weighted by molar-refractivity contribution is -0.131. The van der Waals surface area contributed by atoms with Crippen LogP contribution in [-0.4, -0.2) is 48.6 Å². The number of amides is 1. The van der Waals surface area contributed by atoms with E-state index in [1.807, 2.05) is 32.2 Å². The van der Waals surface area contributed by atoms with Crippen LogP contribution < -0.4 is 4.90 Å². The minimum Gasteiger partial charge on any atom is -0.478 e. The SMILES string of the molecule is Cc1cc(/C=C/C(=O)O)ccc1N1CCCN(C)C(=O)C1. The molecule has 1 N–H and O–H groups in total. The first-order chi connectivity index (χ1) is 9.97. The lowest BCUT2D eigenvalue weighted by Crippen LogP contribution is -2.34. The number of hydrogen-bond acceptors (Lipinski definition) is 3. The van der Waals surface area contributed by atoms with E-state index < -0.39 is 5.97 Å². The van der Waals surface area contributed by atoms with E-state index in [9.17, 15) is 9.59 Å². The second kappa shape index (κ2) is 6.43. The van der Waals surface area contributed by atoms with Crippen molar-refractivity contribution in [2.45, 2.75) is 13.3 Å². The number of rotatable bonds is 3. The molecule has 1 saturated heterocycles. The van der Waals surface area contributed by atoms with Gasteiger partial charge in [0.05, 0.1) is 6.54 Å². The van der Waals surface area contributed by atoms with Crippen LogP contribution in [0.2, 0.25) is 0 Å². The molecule has 1 aliphatic rings. The van der Waals surface area contributed by atoms with Gasteiger partial charge in [0, 0.05) is 31.9 Å². The summed E-state index contributed by atoms with van der Waals surface area (Å²) in [6, 6.07) is 5.77. The second-order valence-corrected chi connectivity index (χ2v) is 5.31. The zero-order chi connectivity index (χ0) is 15.4. The molecule has 5 heteroatoms. The Morgan fingerprint density at radius 1 is 1.33 bits per heavy atom. The molecule has 1 aromatic rings. The standard InChI is InChI=1S/C16H20N2O3/c1-12-10-13(5-7-16(20)21)4-6-14(12)18-9-3-8-17(2)15(19)11-18/h4-7,10H,3,8-9,11H2,1-2H3,(H,20,21)/b7-5+. The predicted molar refractivity (Wildman–Crippen MR) is 82.3 cm³/mol. The highest BCUT2D eigenvalue weighted by atomic mass is 16.4. The highest BCUT2D eigenvalue weighted by molar-refractivity contribution is 5.85. The van der Waals surface area contributed by atoms with E-state index in [1.54, 1.807) is 11.0 Å². The summed E-state index contributed by atoms with van der Waals surface area (Å²) in [4.78, 5) is 26.4. The first-order valence-electron chi connectivity index (χ1n) is 6.98. The molecular formula is C16H20N2O3. The van der Waals surface area contributed by atoms with Crippen LogP contribution in [0.25, 0.3) is 6.08 Å². The molecule has 5 nitrogen and oxygen atoms in total. The summed E-state index contributed by atoms with van der Waals surface area (Å²) in [6.45, 7) is 4.00. The Bertz CT molecular complexity index is 581. The molecule has 112 valence electrons. The number of carbonyl (C=O) groups is 2. The maximum absolute atomic E-state index is 12.0. The summed E-state index contributed by atoms with van der Waals surface area (Å²) >= 11 is 0. The summed E-state index contributed by atoms with van der Waals surface area (Å²) in [7, 11) is 1.83. The molecule has 21 heavy (non-hydrogen) atoms. The fraction of sp³-hybridized carbons (Fsp3) is 0.375. The monoisotopic (exact) mass is 288 g/mol. The van der Waals surface area contributed by atoms with Crippen LogP contribution in [0, 0.1) is 6.92 Å². The fourth-order valence-electron chi connectivity index (χ4n) is 2.50. The van der Waals surface area contributed by atoms with Crippen LogP contribution in [-0.2, 0) is 9.59 Å². The number of anilines is 1. The number of carboxylic acid groups (broad SMARTS) is 1. The highest BCUT2D eigenvalue weighted by Crippen LogP contribution is 2.23. The van der Waals surface area contributed by atoms with Crippen LogP contribution in [0.3, 0.4) is 0 Å². The summed E-state index contributed by atoms with van der Waals surface area (Å²) < 4.78 is 0. The van der Waals surface area contributed by atoms with Gasteiger partial charge in [-0.05, 0) is 42.7 Å². The molecule has 0 saturated carbocycles. The fourth-order valence-corrected chi connectivity index (χ4v) is 2.50. The van der Waals surface area contributed by atoms with Gasteiger partial charge in [-0.3, -0.25) is 4.79 Å². The van der Waals surface area contributed by atoms with E-state index in [-0.39, 0.29) is 5.91 Å². The van der Waals surface area contributed by atoms with Crippen molar-refractivity contribution in [1.29, 1.82) is 0 Å². The van der Waals surface area contributed by atoms with Gasteiger partial charge in [0.15, 0.2) is 0 Å². The quantitative estimate of drug-likeness (QED) is 0.861. The molecule has 0 spiro atoms. The van der Waals surface area contributed by atoms with E-state index in [4.69, 9.17) is 5.11 Å². The van der Waals surface area contributed by atoms with Crippen LogP contribution in [0.5, 0.6) is 0 Å². The zero-order valence-electron chi connectivity index (χ0n) is 12.4. The normalized spacial score (nSPS) is 16.4. The van der Waals surface area contributed by atoms with Crippen molar-refractivity contribution in [2.24, 2.45) is 0 Å². The molecule has 0 unspecified atom stereocenters. The Kier molecular flexibility index (Phi) is 4.62. The van der Waals surface area contributed by atoms with Gasteiger partial charge in [-0.2, -0.15) is 0 Å². The zero-order valence-corrected chi connectivity index (χ0v) is 12.4. The molecule has 0 atom stereocenters. The molecule has 1 aliphatic heterocycles. The van der Waals surface area contributed by atoms with Crippen molar-refractivity contribution in [1.82, 2.24) is 4.90 Å². The van der Waals surface area contributed by atoms with Crippen molar-refractivity contribution < 1.29 is 14.7 Å². The molecule has 1 amide bonds. The topological polar surface area (TPSA) is 60.9 Å². The van der Waals surface area contributed by atoms with Gasteiger partial charge in [0.2, 0.25) is 5.91 Å². The van der Waals surface area contributed by atoms with Gasteiger partial charge in [0.1, 0.15) is 0 Å². The van der Waals surface area contributed by atoms with Gasteiger partial charge in [-0.1, -0.05) is 6.07 Å². The third kappa shape index (κ3) is 3.84. The highest BCUT2D eigenvalue weighted by Gasteiger charge is 2.20. The number of carboxylic acids is 1. The van der Waals surface area contributed by atoms with Crippen molar-refractivity contribution >= 4 is 23.6 Å². The maximum Gasteiger partial charge on any atom is 0.328 e. The summed E-state index contributed by atoms with van der Waals surface area (Å²) in [6.07, 6.45) is 3.64. The maximum atomic E-state index is 12.0. The predicted octanol–water partition coefficient (Wildman–Crippen LogP) is 1.76. The van der Waals surface area contributed by atoms with Gasteiger partial charge in [-0.25, -0.2) is 4.79 Å². The number of carbonyl (C=O) groups excluding carboxylic acids is 1. The minimum atomic E-state index is -0.960. The van der Waals surface area contributed by atoms with E-state index in [1.165, 1.54) is 0 Å². The molecule has 0 radical (unpaired) electrons. The average molecular weight is 288 g/mol. The molecule has 0 aliphatic carbocycles. The van der Waals surface area contributed by atoms with E-state index in [0.717, 1.165) is 42.4 Å². The molecular weight excluding hydrogens is 268 g/mol. The summed E-state index contributed by atoms with van der Waals surface area (Å²) in [5.41, 5.74) is 2.92. The Morgan fingerprint density at radius 3 is 2.76 bits per heavy atom. The molecule has 1 heterocycles. The largest absolute Gasteiger partial charge is 0.478 e. The van der Waals surface area contributed by atoms with Gasteiger partial charge >= 0.3 is 5.97 Å². The van der Waals surface area contributed by atoms with E-state index in [2.05, 4.69) is 4.90 Å². The van der Waals surface area contributed by atoms with E-state index in [0.29, 0.717) is 6.54 Å². The number of hydrogen-bond donors (Lipinski definition) is 1. The van der Waals surface area contributed by atoms with E-state index >= 15 is 0 Å². The Morgan fingerprint density at radius 2 is 2.10 bits per heavy atom. The lowest BCUT2D eigenvalue weighted by Gasteiger charge is -2.24. The van der Waals surface area contributed by atoms with Crippen molar-refractivity contribution in [3.05, 3.63) is 35.4 Å². The number of nitrogens with zero attached hydrogens (tertiary/aromatic N) is 2. The first-order valence-corrected chi connectivity index (χ1v) is 6.98. The van der Waals surface area contributed by atoms with Crippen molar-refractivity contribution in [3.8, 4) is 0 Å². The molecule has 1 aromatic carbocycles. The third-order valence-electron chi connectivity index (χ3n) is 3.65. The average Bonchev–Trinajstić information content (AvgIpc) is 2.59. The van der Waals surface area contributed by atoms with Crippen LogP contribution >= 0.6 is 0 Å². The smallest absolute Gasteiger partial charge is 0.328 e. The van der Waals surface area contributed by atoms with Crippen molar-refractivity contribution in [3.63, 3.8) is 0 Å². The molecule has 2 rings (SSSR count). The third-order valence-corrected chi connectivity index (χ3v) is 3.65. The van der Waals surface area contributed by atoms with Gasteiger partial charge in [0.25, 0.3) is 0 Å². The summed E-state index contributed by atoms with van der Waals surface area (Å²) in [5, 5.41) is 8.65. The Hall–Kier alpha value is -2.30. The van der Waals surface area contributed by atoms with Crippen molar-refractivity contribution in [2.75, 3.05) is 31.6 Å². The van der Waals surface area contributed by atoms with Gasteiger partial charge < -0.3 is 14.9 Å². The molecule has 0 bridgehead atoms. The first kappa shape index (κ1) is 15.1. The van der Waals surface area contributed by atoms with Crippen LogP contribution in [0.15, 0.2) is 24.3 Å². The number of benzene rings is 1. The molecule has 1 fully saturated rings. The van der Waals surface area contributed by atoms with Gasteiger partial charge in [-0.15, -0.1) is 0 Å². The van der Waals surface area contributed by atoms with Crippen LogP contribution in [0.1, 0.15) is 17.5 Å². The van der Waals surface area contributed by atoms with Crippen LogP contribution in [0.4, 0.5) is 5.69 Å². The number of aryl methyl sites for hydroxylation is 1. The molecule has 0 aromatic heterocycles. The number of likely N-dealkylation sites (N-methyl/N-ethyl adjacent to an activating group) is 1. The minimum absolute atomic E-state index is 0.127. The lowest BCUT2D eigenvalue weighted by atomic mass is 10.1. The Labute approximate surface area is 124 Å². The Balaban J connectivity index is 2.20. The summed E-state index contributed by atoms with van der Waals surface area (Å²) in [5.74, 6) is -0.834. The number of aliphatic carboxylic acids is 1. The second-order valence-electron chi connectivity index (χ2n) is 5.31.